The van der Waals surface area contributed by atoms with Crippen LogP contribution in [0, 0.1) is 0 Å². The lowest BCUT2D eigenvalue weighted by molar-refractivity contribution is 0.0656. The van der Waals surface area contributed by atoms with Crippen LogP contribution in [0.25, 0.3) is 6.08 Å². The highest BCUT2D eigenvalue weighted by molar-refractivity contribution is 5.70. The third-order valence-corrected chi connectivity index (χ3v) is 4.77. The molecule has 0 aromatic heterocycles. The Morgan fingerprint density at radius 3 is 2.89 bits per heavy atom. The average Bonchev–Trinajstić information content (AvgIpc) is 2.89. The molecule has 3 aliphatic rings. The maximum Gasteiger partial charge on any atom is 0.150 e. The third-order valence-electron chi connectivity index (χ3n) is 4.77. The molecule has 3 aliphatic heterocycles. The summed E-state index contributed by atoms with van der Waals surface area (Å²) in [5.74, 6) is 0.597. The van der Waals surface area contributed by atoms with E-state index in [9.17, 15) is 0 Å². The zero-order chi connectivity index (χ0) is 13.0. The Balaban J connectivity index is 1.97. The predicted octanol–water partition coefficient (Wildman–Crippen LogP) is 3.52. The summed E-state index contributed by atoms with van der Waals surface area (Å²) in [5, 5.41) is 7.00. The van der Waals surface area contributed by atoms with Gasteiger partial charge >= 0.3 is 0 Å². The Morgan fingerprint density at radius 1 is 1.21 bits per heavy atom. The fourth-order valence-corrected chi connectivity index (χ4v) is 3.94. The lowest BCUT2D eigenvalue weighted by Gasteiger charge is -2.46. The molecule has 0 aliphatic carbocycles. The van der Waals surface area contributed by atoms with Crippen molar-refractivity contribution in [3.8, 4) is 0 Å². The molecule has 0 spiro atoms. The van der Waals surface area contributed by atoms with Gasteiger partial charge in [0.05, 0.1) is 6.04 Å². The molecule has 3 nitrogen and oxygen atoms in total. The van der Waals surface area contributed by atoms with E-state index in [-0.39, 0.29) is 0 Å². The standard InChI is InChI=1S/C16H19N3/c1-3-12-13-7-5-6-11-8-9-18-10-17-19(14(12)4-2)16(18)15(11)13/h5-10,12,14,16H,3-4H2,1-2H3. The number of nitrogens with zero attached hydrogens (tertiary/aromatic N) is 3. The highest BCUT2D eigenvalue weighted by Gasteiger charge is 2.44. The van der Waals surface area contributed by atoms with Crippen LogP contribution in [0.15, 0.2) is 29.5 Å². The summed E-state index contributed by atoms with van der Waals surface area (Å²) in [6, 6.07) is 7.27. The van der Waals surface area contributed by atoms with Gasteiger partial charge in [-0.1, -0.05) is 32.0 Å². The molecule has 3 heteroatoms. The van der Waals surface area contributed by atoms with Crippen LogP contribution in [-0.4, -0.2) is 22.3 Å². The normalized spacial score (nSPS) is 29.9. The monoisotopic (exact) mass is 253 g/mol. The van der Waals surface area contributed by atoms with Crippen LogP contribution in [-0.2, 0) is 0 Å². The van der Waals surface area contributed by atoms with Crippen LogP contribution in [0.4, 0.5) is 0 Å². The van der Waals surface area contributed by atoms with Gasteiger partial charge in [0.15, 0.2) is 0 Å². The van der Waals surface area contributed by atoms with E-state index in [1.165, 1.54) is 23.1 Å². The van der Waals surface area contributed by atoms with Crippen LogP contribution < -0.4 is 0 Å². The van der Waals surface area contributed by atoms with E-state index in [0.717, 1.165) is 6.42 Å². The van der Waals surface area contributed by atoms with E-state index in [4.69, 9.17) is 0 Å². The molecule has 3 atom stereocenters. The molecule has 0 fully saturated rings. The fraction of sp³-hybridized carbons (Fsp3) is 0.438. The summed E-state index contributed by atoms with van der Waals surface area (Å²) in [7, 11) is 0. The molecule has 98 valence electrons. The van der Waals surface area contributed by atoms with Gasteiger partial charge in [-0.2, -0.15) is 5.10 Å². The zero-order valence-corrected chi connectivity index (χ0v) is 11.5. The number of hydrogen-bond acceptors (Lipinski definition) is 3. The summed E-state index contributed by atoms with van der Waals surface area (Å²) >= 11 is 0. The summed E-state index contributed by atoms with van der Waals surface area (Å²) in [4.78, 5) is 2.24. The van der Waals surface area contributed by atoms with Gasteiger partial charge in [-0.3, -0.25) is 5.01 Å². The first-order valence-corrected chi connectivity index (χ1v) is 7.26. The summed E-state index contributed by atoms with van der Waals surface area (Å²) in [5.41, 5.74) is 4.37. The van der Waals surface area contributed by atoms with E-state index < -0.39 is 0 Å². The third kappa shape index (κ3) is 1.30. The highest BCUT2D eigenvalue weighted by Crippen LogP contribution is 2.48. The molecule has 3 heterocycles. The molecule has 19 heavy (non-hydrogen) atoms. The molecule has 0 saturated heterocycles. The maximum atomic E-state index is 4.68. The SMILES string of the molecule is CCC1c2cccc3c2C2N(C=C3)C=NN2C1CC. The van der Waals surface area contributed by atoms with Crippen molar-refractivity contribution in [1.82, 2.24) is 9.91 Å². The Hall–Kier alpha value is -1.77. The quantitative estimate of drug-likeness (QED) is 0.803. The first-order chi connectivity index (χ1) is 9.35. The number of rotatable bonds is 2. The van der Waals surface area contributed by atoms with Crippen molar-refractivity contribution in [3.63, 3.8) is 0 Å². The van der Waals surface area contributed by atoms with Crippen LogP contribution in [0.2, 0.25) is 0 Å². The van der Waals surface area contributed by atoms with Crippen LogP contribution >= 0.6 is 0 Å². The van der Waals surface area contributed by atoms with E-state index in [1.54, 1.807) is 0 Å². The Morgan fingerprint density at radius 2 is 2.11 bits per heavy atom. The molecule has 4 rings (SSSR count). The van der Waals surface area contributed by atoms with Gasteiger partial charge in [-0.05, 0) is 30.0 Å². The van der Waals surface area contributed by atoms with Gasteiger partial charge in [0, 0.05) is 17.7 Å². The lowest BCUT2D eigenvalue weighted by atomic mass is 9.78. The molecule has 0 saturated carbocycles. The summed E-state index contributed by atoms with van der Waals surface area (Å²) in [6.07, 6.45) is 8.96. The van der Waals surface area contributed by atoms with Gasteiger partial charge in [0.1, 0.15) is 12.5 Å². The topological polar surface area (TPSA) is 18.8 Å². The molecular formula is C16H19N3. The zero-order valence-electron chi connectivity index (χ0n) is 11.5. The molecule has 0 N–H and O–H groups in total. The minimum absolute atomic E-state index is 0.295. The van der Waals surface area contributed by atoms with Crippen molar-refractivity contribution in [2.75, 3.05) is 0 Å². The Labute approximate surface area is 114 Å². The highest BCUT2D eigenvalue weighted by atomic mass is 15.6. The average molecular weight is 253 g/mol. The van der Waals surface area contributed by atoms with Crippen molar-refractivity contribution in [2.24, 2.45) is 5.10 Å². The first kappa shape index (κ1) is 11.1. The van der Waals surface area contributed by atoms with Gasteiger partial charge < -0.3 is 4.90 Å². The second-order valence-electron chi connectivity index (χ2n) is 5.59. The first-order valence-electron chi connectivity index (χ1n) is 7.26. The number of benzene rings is 1. The maximum absolute atomic E-state index is 4.68. The van der Waals surface area contributed by atoms with Crippen LogP contribution in [0.3, 0.4) is 0 Å². The second kappa shape index (κ2) is 3.86. The Bertz CT molecular complexity index is 575. The van der Waals surface area contributed by atoms with Gasteiger partial charge in [0.2, 0.25) is 0 Å². The molecule has 0 bridgehead atoms. The van der Waals surface area contributed by atoms with Crippen molar-refractivity contribution >= 4 is 12.4 Å². The molecule has 3 unspecified atom stereocenters. The molecule has 0 radical (unpaired) electrons. The van der Waals surface area contributed by atoms with Crippen molar-refractivity contribution in [3.05, 3.63) is 41.1 Å². The molecule has 1 aromatic rings. The largest absolute Gasteiger partial charge is 0.311 e. The Kier molecular flexibility index (Phi) is 2.25. The minimum atomic E-state index is 0.295. The van der Waals surface area contributed by atoms with Gasteiger partial charge in [0.25, 0.3) is 0 Å². The van der Waals surface area contributed by atoms with Crippen LogP contribution in [0.5, 0.6) is 0 Å². The summed E-state index contributed by atoms with van der Waals surface area (Å²) in [6.45, 7) is 4.57. The van der Waals surface area contributed by atoms with Crippen molar-refractivity contribution in [1.29, 1.82) is 0 Å². The van der Waals surface area contributed by atoms with E-state index in [2.05, 4.69) is 59.3 Å². The lowest BCUT2D eigenvalue weighted by Crippen LogP contribution is -2.45. The molecule has 0 amide bonds. The van der Waals surface area contributed by atoms with Crippen molar-refractivity contribution in [2.45, 2.75) is 44.8 Å². The minimum Gasteiger partial charge on any atom is -0.311 e. The predicted molar refractivity (Wildman–Crippen MR) is 77.5 cm³/mol. The van der Waals surface area contributed by atoms with Crippen molar-refractivity contribution < 1.29 is 0 Å². The van der Waals surface area contributed by atoms with E-state index in [1.807, 2.05) is 6.34 Å². The van der Waals surface area contributed by atoms with E-state index in [0.29, 0.717) is 18.1 Å². The second-order valence-corrected chi connectivity index (χ2v) is 5.59. The van der Waals surface area contributed by atoms with Gasteiger partial charge in [-0.15, -0.1) is 0 Å². The number of hydrogen-bond donors (Lipinski definition) is 0. The molecular weight excluding hydrogens is 234 g/mol. The van der Waals surface area contributed by atoms with Crippen LogP contribution in [0.1, 0.15) is 55.5 Å². The fourth-order valence-electron chi connectivity index (χ4n) is 3.94. The molecule has 1 aromatic carbocycles. The van der Waals surface area contributed by atoms with E-state index >= 15 is 0 Å². The summed E-state index contributed by atoms with van der Waals surface area (Å²) < 4.78 is 0. The number of hydrazone groups is 1. The smallest absolute Gasteiger partial charge is 0.150 e. The van der Waals surface area contributed by atoms with Gasteiger partial charge in [-0.25, -0.2) is 0 Å².